The molecule has 0 aliphatic rings. The molecule has 60 valence electrons. The van der Waals surface area contributed by atoms with Crippen molar-refractivity contribution in [3.63, 3.8) is 0 Å². The Hall–Kier alpha value is -1.91. The summed E-state index contributed by atoms with van der Waals surface area (Å²) in [7, 11) is 0. The molecule has 0 aliphatic carbocycles. The van der Waals surface area contributed by atoms with Crippen LogP contribution in [0.25, 0.3) is 5.69 Å². The Morgan fingerprint density at radius 1 is 1.58 bits per heavy atom. The van der Waals surface area contributed by atoms with Crippen LogP contribution in [0.4, 0.5) is 0 Å². The highest BCUT2D eigenvalue weighted by Gasteiger charge is 2.11. The quantitative estimate of drug-likeness (QED) is 0.554. The van der Waals surface area contributed by atoms with E-state index in [4.69, 9.17) is 0 Å². The molecule has 2 aromatic heterocycles. The van der Waals surface area contributed by atoms with E-state index in [2.05, 4.69) is 14.8 Å². The van der Waals surface area contributed by atoms with Crippen molar-refractivity contribution in [1.82, 2.24) is 5.27 Å². The van der Waals surface area contributed by atoms with Crippen LogP contribution in [0, 0.1) is 0 Å². The summed E-state index contributed by atoms with van der Waals surface area (Å²) in [6.45, 7) is 0. The maximum Gasteiger partial charge on any atom is 0.427 e. The van der Waals surface area contributed by atoms with Crippen LogP contribution in [0.2, 0.25) is 0 Å². The number of aromatic amines is 2. The van der Waals surface area contributed by atoms with Crippen LogP contribution in [0.15, 0.2) is 40.0 Å². The SMILES string of the molecule is O=c1c[n+](-c2ccc[nH+]c2)[nH]o1. The molecule has 0 unspecified atom stereocenters. The van der Waals surface area contributed by atoms with Crippen molar-refractivity contribution in [3.8, 4) is 5.69 Å². The Kier molecular flexibility index (Phi) is 1.48. The summed E-state index contributed by atoms with van der Waals surface area (Å²) in [6, 6.07) is 3.66. The fourth-order valence-electron chi connectivity index (χ4n) is 0.913. The number of rotatable bonds is 1. The minimum absolute atomic E-state index is 0.404. The van der Waals surface area contributed by atoms with Crippen LogP contribution >= 0.6 is 0 Å². The van der Waals surface area contributed by atoms with Crippen LogP contribution in [0.3, 0.4) is 0 Å². The molecule has 0 saturated heterocycles. The van der Waals surface area contributed by atoms with Gasteiger partial charge in [0, 0.05) is 12.1 Å². The van der Waals surface area contributed by atoms with Crippen LogP contribution in [-0.4, -0.2) is 5.27 Å². The van der Waals surface area contributed by atoms with E-state index in [1.54, 1.807) is 12.4 Å². The lowest BCUT2D eigenvalue weighted by molar-refractivity contribution is -0.674. The third kappa shape index (κ3) is 1.12. The van der Waals surface area contributed by atoms with Crippen molar-refractivity contribution in [3.05, 3.63) is 41.1 Å². The summed E-state index contributed by atoms with van der Waals surface area (Å²) in [5.41, 5.74) is 0.405. The number of H-pyrrole nitrogens is 2. The van der Waals surface area contributed by atoms with Crippen LogP contribution in [0.5, 0.6) is 0 Å². The van der Waals surface area contributed by atoms with Gasteiger partial charge in [-0.25, -0.2) is 9.78 Å². The average molecular weight is 165 g/mol. The van der Waals surface area contributed by atoms with Gasteiger partial charge in [-0.05, 0) is 9.95 Å². The molecule has 2 heterocycles. The zero-order valence-corrected chi connectivity index (χ0v) is 6.15. The number of nitrogens with zero attached hydrogens (tertiary/aromatic N) is 1. The predicted octanol–water partition coefficient (Wildman–Crippen LogP) is -0.941. The second kappa shape index (κ2) is 2.61. The zero-order valence-electron chi connectivity index (χ0n) is 6.15. The van der Waals surface area contributed by atoms with Gasteiger partial charge in [0.1, 0.15) is 0 Å². The molecule has 2 N–H and O–H groups in total. The highest BCUT2D eigenvalue weighted by atomic mass is 16.5. The highest BCUT2D eigenvalue weighted by molar-refractivity contribution is 5.11. The summed E-state index contributed by atoms with van der Waals surface area (Å²) >= 11 is 0. The molecule has 12 heavy (non-hydrogen) atoms. The average Bonchev–Trinajstić information content (AvgIpc) is 2.54. The van der Waals surface area contributed by atoms with E-state index in [0.717, 1.165) is 5.69 Å². The maximum absolute atomic E-state index is 10.6. The molecule has 0 amide bonds. The standard InChI is InChI=1S/C7H5N3O2/c11-7-5-10(9-12-7)6-2-1-3-8-4-6/h1-5H/p+2. The molecule has 0 spiro atoms. The number of hydrogen-bond acceptors (Lipinski definition) is 2. The summed E-state index contributed by atoms with van der Waals surface area (Å²) in [5, 5.41) is 2.43. The second-order valence-corrected chi connectivity index (χ2v) is 2.27. The largest absolute Gasteiger partial charge is 0.427 e. The van der Waals surface area contributed by atoms with Gasteiger partial charge in [0.05, 0.1) is 0 Å². The third-order valence-electron chi connectivity index (χ3n) is 1.45. The molecule has 0 saturated carbocycles. The van der Waals surface area contributed by atoms with E-state index >= 15 is 0 Å². The number of aromatic nitrogens is 3. The van der Waals surface area contributed by atoms with E-state index in [1.165, 1.54) is 10.9 Å². The van der Waals surface area contributed by atoms with E-state index in [-0.39, 0.29) is 0 Å². The molecule has 0 bridgehead atoms. The summed E-state index contributed by atoms with van der Waals surface area (Å²) in [6.07, 6.45) is 4.84. The van der Waals surface area contributed by atoms with Gasteiger partial charge in [-0.15, -0.1) is 0 Å². The molecule has 2 rings (SSSR count). The Labute approximate surface area is 67.2 Å². The van der Waals surface area contributed by atoms with E-state index in [9.17, 15) is 4.79 Å². The molecule has 2 aromatic rings. The van der Waals surface area contributed by atoms with Gasteiger partial charge in [-0.1, -0.05) is 0 Å². The van der Waals surface area contributed by atoms with Crippen molar-refractivity contribution >= 4 is 0 Å². The summed E-state index contributed by atoms with van der Waals surface area (Å²) in [5.74, 6) is 0. The lowest BCUT2D eigenvalue weighted by atomic mass is 10.4. The van der Waals surface area contributed by atoms with Crippen LogP contribution in [0.1, 0.15) is 0 Å². The fraction of sp³-hybridized carbons (Fsp3) is 0. The minimum Gasteiger partial charge on any atom is -0.283 e. The first kappa shape index (κ1) is 6.78. The van der Waals surface area contributed by atoms with Gasteiger partial charge in [-0.3, -0.25) is 4.52 Å². The highest BCUT2D eigenvalue weighted by Crippen LogP contribution is 1.87. The van der Waals surface area contributed by atoms with Crippen molar-refractivity contribution in [2.45, 2.75) is 0 Å². The summed E-state index contributed by atoms with van der Waals surface area (Å²) in [4.78, 5) is 13.5. The van der Waals surface area contributed by atoms with E-state index in [0.29, 0.717) is 0 Å². The molecule has 0 atom stereocenters. The Bertz CT molecular complexity index is 417. The number of pyridine rings is 1. The monoisotopic (exact) mass is 165 g/mol. The van der Waals surface area contributed by atoms with Gasteiger partial charge < -0.3 is 0 Å². The van der Waals surface area contributed by atoms with Crippen molar-refractivity contribution in [2.24, 2.45) is 0 Å². The second-order valence-electron chi connectivity index (χ2n) is 2.27. The number of hydrogen-bond donors (Lipinski definition) is 1. The molecule has 0 fully saturated rings. The van der Waals surface area contributed by atoms with Gasteiger partial charge in [-0.2, -0.15) is 0 Å². The normalized spacial score (nSPS) is 10.0. The Morgan fingerprint density at radius 3 is 3.08 bits per heavy atom. The minimum atomic E-state index is -0.404. The first-order valence-corrected chi connectivity index (χ1v) is 3.43. The predicted molar refractivity (Wildman–Crippen MR) is 37.4 cm³/mol. The first-order chi connectivity index (χ1) is 5.86. The number of nitrogens with one attached hydrogen (secondary N) is 2. The molecule has 0 aliphatic heterocycles. The van der Waals surface area contributed by atoms with Crippen molar-refractivity contribution < 1.29 is 14.2 Å². The first-order valence-electron chi connectivity index (χ1n) is 3.43. The fourth-order valence-corrected chi connectivity index (χ4v) is 0.913. The van der Waals surface area contributed by atoms with Gasteiger partial charge in [0.2, 0.25) is 6.20 Å². The molecule has 0 aromatic carbocycles. The lowest BCUT2D eigenvalue weighted by Gasteiger charge is -1.80. The van der Waals surface area contributed by atoms with Gasteiger partial charge in [0.15, 0.2) is 6.20 Å². The molecule has 0 radical (unpaired) electrons. The Morgan fingerprint density at radius 2 is 2.50 bits per heavy atom. The van der Waals surface area contributed by atoms with Crippen LogP contribution < -0.4 is 15.3 Å². The van der Waals surface area contributed by atoms with Crippen molar-refractivity contribution in [2.75, 3.05) is 0 Å². The zero-order chi connectivity index (χ0) is 8.39. The smallest absolute Gasteiger partial charge is 0.283 e. The van der Waals surface area contributed by atoms with E-state index < -0.39 is 5.63 Å². The van der Waals surface area contributed by atoms with Crippen molar-refractivity contribution in [1.29, 1.82) is 0 Å². The maximum atomic E-state index is 10.6. The third-order valence-corrected chi connectivity index (χ3v) is 1.45. The topological polar surface area (TPSA) is 64.0 Å². The Balaban J connectivity index is 2.51. The summed E-state index contributed by atoms with van der Waals surface area (Å²) < 4.78 is 5.97. The lowest BCUT2D eigenvalue weighted by Crippen LogP contribution is -2.33. The molecule has 5 nitrogen and oxygen atoms in total. The van der Waals surface area contributed by atoms with Gasteiger partial charge in [0.25, 0.3) is 6.20 Å². The molecular weight excluding hydrogens is 158 g/mol. The van der Waals surface area contributed by atoms with Crippen LogP contribution in [-0.2, 0) is 0 Å². The van der Waals surface area contributed by atoms with Gasteiger partial charge >= 0.3 is 11.3 Å². The molecule has 5 heteroatoms. The molecular formula is C7H7N3O2+2. The van der Waals surface area contributed by atoms with E-state index in [1.807, 2.05) is 12.1 Å².